The third kappa shape index (κ3) is 7.02. The average Bonchev–Trinajstić information content (AvgIpc) is 2.54. The molecule has 4 nitrogen and oxygen atoms in total. The summed E-state index contributed by atoms with van der Waals surface area (Å²) < 4.78 is 5.21. The van der Waals surface area contributed by atoms with Gasteiger partial charge >= 0.3 is 0 Å². The first kappa shape index (κ1) is 21.3. The van der Waals surface area contributed by atoms with Crippen molar-refractivity contribution in [2.75, 3.05) is 26.3 Å². The van der Waals surface area contributed by atoms with Crippen LogP contribution in [0.4, 0.5) is 0 Å². The maximum absolute atomic E-state index is 11.8. The lowest BCUT2D eigenvalue weighted by Crippen LogP contribution is -2.36. The molecule has 0 saturated carbocycles. The molecule has 4 heteroatoms. The molecule has 0 atom stereocenters. The lowest BCUT2D eigenvalue weighted by Gasteiger charge is -2.27. The molecule has 0 amide bonds. The van der Waals surface area contributed by atoms with E-state index in [4.69, 9.17) is 4.74 Å². The summed E-state index contributed by atoms with van der Waals surface area (Å²) in [7, 11) is 0. The molecule has 2 rings (SSSR count). The van der Waals surface area contributed by atoms with Crippen molar-refractivity contribution in [3.8, 4) is 0 Å². The van der Waals surface area contributed by atoms with E-state index in [-0.39, 0.29) is 16.7 Å². The van der Waals surface area contributed by atoms with E-state index in [1.165, 1.54) is 0 Å². The highest BCUT2D eigenvalue weighted by Crippen LogP contribution is 2.26. The van der Waals surface area contributed by atoms with Gasteiger partial charge in [0.2, 0.25) is 0 Å². The van der Waals surface area contributed by atoms with Crippen LogP contribution < -0.4 is 5.32 Å². The minimum atomic E-state index is -0.179. The van der Waals surface area contributed by atoms with E-state index in [9.17, 15) is 9.59 Å². The Kier molecular flexibility index (Phi) is 8.07. The van der Waals surface area contributed by atoms with Crippen LogP contribution >= 0.6 is 0 Å². The molecule has 2 aliphatic rings. The summed E-state index contributed by atoms with van der Waals surface area (Å²) in [6.45, 7) is 15.5. The van der Waals surface area contributed by atoms with Crippen molar-refractivity contribution in [3.05, 3.63) is 0 Å². The molecule has 0 unspecified atom stereocenters. The monoisotopic (exact) mass is 339 g/mol. The molecule has 1 N–H and O–H groups in total. The molecule has 0 radical (unpaired) electrons. The number of carbonyl (C=O) groups excluding carboxylic acids is 2. The molecule has 2 saturated heterocycles. The molecule has 0 aliphatic carbocycles. The fourth-order valence-corrected chi connectivity index (χ4v) is 3.27. The third-order valence-corrected chi connectivity index (χ3v) is 4.78. The number of Topliss-reactive ketones (excluding diaryl/α,β-unsaturated/α-hetero) is 2. The summed E-state index contributed by atoms with van der Waals surface area (Å²) in [5.74, 6) is 1.39. The minimum Gasteiger partial charge on any atom is -0.381 e. The van der Waals surface area contributed by atoms with Gasteiger partial charge < -0.3 is 10.1 Å². The number of hydrogen-bond acceptors (Lipinski definition) is 4. The van der Waals surface area contributed by atoms with Crippen molar-refractivity contribution < 1.29 is 14.3 Å². The zero-order valence-electron chi connectivity index (χ0n) is 16.5. The van der Waals surface area contributed by atoms with Gasteiger partial charge in [-0.1, -0.05) is 41.5 Å². The van der Waals surface area contributed by atoms with E-state index in [0.717, 1.165) is 52.0 Å². The minimum absolute atomic E-state index is 0.151. The summed E-state index contributed by atoms with van der Waals surface area (Å²) in [5.41, 5.74) is -0.329. The Balaban J connectivity index is 0.000000240. The SMILES string of the molecule is CC(C)(C)C(=O)C1CCNCC1.CC(C)(C)C(=O)C1CCOCC1. The number of rotatable bonds is 2. The van der Waals surface area contributed by atoms with Crippen LogP contribution in [-0.2, 0) is 14.3 Å². The van der Waals surface area contributed by atoms with Gasteiger partial charge in [-0.25, -0.2) is 0 Å². The number of piperidine rings is 1. The van der Waals surface area contributed by atoms with Crippen LogP contribution in [0.1, 0.15) is 67.2 Å². The third-order valence-electron chi connectivity index (χ3n) is 4.78. The Hall–Kier alpha value is -0.740. The predicted molar refractivity (Wildman–Crippen MR) is 98.1 cm³/mol. The largest absolute Gasteiger partial charge is 0.381 e. The first-order valence-corrected chi connectivity index (χ1v) is 9.40. The standard InChI is InChI=1S/C10H19NO.C10H18O2/c1-10(2,3)9(12)8-4-6-11-7-5-8;1-10(2,3)9(11)8-4-6-12-7-5-8/h8,11H,4-7H2,1-3H3;8H,4-7H2,1-3H3. The Morgan fingerprint density at radius 3 is 1.50 bits per heavy atom. The molecular formula is C20H37NO3. The lowest BCUT2D eigenvalue weighted by molar-refractivity contribution is -0.133. The number of carbonyl (C=O) groups is 2. The molecule has 140 valence electrons. The van der Waals surface area contributed by atoms with Gasteiger partial charge in [0.1, 0.15) is 11.6 Å². The van der Waals surface area contributed by atoms with E-state index >= 15 is 0 Å². The van der Waals surface area contributed by atoms with Crippen LogP contribution in [-0.4, -0.2) is 37.9 Å². The van der Waals surface area contributed by atoms with Crippen molar-refractivity contribution in [1.29, 1.82) is 0 Å². The van der Waals surface area contributed by atoms with E-state index in [1.807, 2.05) is 41.5 Å². The fraction of sp³-hybridized carbons (Fsp3) is 0.900. The van der Waals surface area contributed by atoms with Gasteiger partial charge in [-0.05, 0) is 38.8 Å². The maximum Gasteiger partial charge on any atom is 0.141 e. The zero-order chi connectivity index (χ0) is 18.4. The van der Waals surface area contributed by atoms with Crippen molar-refractivity contribution in [3.63, 3.8) is 0 Å². The summed E-state index contributed by atoms with van der Waals surface area (Å²) in [5, 5.41) is 3.27. The molecule has 2 heterocycles. The Bertz CT molecular complexity index is 366. The van der Waals surface area contributed by atoms with E-state index in [1.54, 1.807) is 0 Å². The van der Waals surface area contributed by atoms with E-state index in [0.29, 0.717) is 17.5 Å². The zero-order valence-corrected chi connectivity index (χ0v) is 16.5. The van der Waals surface area contributed by atoms with E-state index in [2.05, 4.69) is 5.32 Å². The normalized spacial score (nSPS) is 20.9. The number of ether oxygens (including phenoxy) is 1. The maximum atomic E-state index is 11.8. The topological polar surface area (TPSA) is 55.4 Å². The van der Waals surface area contributed by atoms with Gasteiger partial charge in [0.15, 0.2) is 0 Å². The molecular weight excluding hydrogens is 302 g/mol. The Morgan fingerprint density at radius 1 is 0.750 bits per heavy atom. The summed E-state index contributed by atoms with van der Waals surface area (Å²) in [6.07, 6.45) is 3.87. The van der Waals surface area contributed by atoms with Crippen LogP contribution in [0, 0.1) is 22.7 Å². The molecule has 0 spiro atoms. The highest BCUT2D eigenvalue weighted by molar-refractivity contribution is 5.86. The molecule has 0 aromatic carbocycles. The predicted octanol–water partition coefficient (Wildman–Crippen LogP) is 3.63. The van der Waals surface area contributed by atoms with Crippen LogP contribution in [0.2, 0.25) is 0 Å². The molecule has 2 fully saturated rings. The van der Waals surface area contributed by atoms with Gasteiger partial charge in [0.25, 0.3) is 0 Å². The van der Waals surface area contributed by atoms with Gasteiger partial charge in [-0.15, -0.1) is 0 Å². The van der Waals surface area contributed by atoms with Gasteiger partial charge in [0, 0.05) is 35.9 Å². The second-order valence-corrected chi connectivity index (χ2v) is 9.14. The van der Waals surface area contributed by atoms with Crippen molar-refractivity contribution in [1.82, 2.24) is 5.32 Å². The highest BCUT2D eigenvalue weighted by atomic mass is 16.5. The highest BCUT2D eigenvalue weighted by Gasteiger charge is 2.31. The Morgan fingerprint density at radius 2 is 1.12 bits per heavy atom. The van der Waals surface area contributed by atoms with Gasteiger partial charge in [-0.2, -0.15) is 0 Å². The van der Waals surface area contributed by atoms with Crippen molar-refractivity contribution in [2.24, 2.45) is 22.7 Å². The van der Waals surface area contributed by atoms with Crippen LogP contribution in [0.15, 0.2) is 0 Å². The van der Waals surface area contributed by atoms with Crippen LogP contribution in [0.3, 0.4) is 0 Å². The first-order chi connectivity index (χ1) is 11.0. The number of nitrogens with one attached hydrogen (secondary N) is 1. The molecule has 0 bridgehead atoms. The summed E-state index contributed by atoms with van der Waals surface area (Å²) in [4.78, 5) is 23.6. The lowest BCUT2D eigenvalue weighted by atomic mass is 9.79. The van der Waals surface area contributed by atoms with Crippen molar-refractivity contribution >= 4 is 11.6 Å². The summed E-state index contributed by atoms with van der Waals surface area (Å²) in [6, 6.07) is 0. The second-order valence-electron chi connectivity index (χ2n) is 9.14. The molecule has 0 aromatic heterocycles. The second kappa shape index (κ2) is 9.10. The summed E-state index contributed by atoms with van der Waals surface area (Å²) >= 11 is 0. The van der Waals surface area contributed by atoms with Gasteiger partial charge in [-0.3, -0.25) is 9.59 Å². The fourth-order valence-electron chi connectivity index (χ4n) is 3.27. The van der Waals surface area contributed by atoms with Crippen molar-refractivity contribution in [2.45, 2.75) is 67.2 Å². The smallest absolute Gasteiger partial charge is 0.141 e. The van der Waals surface area contributed by atoms with Gasteiger partial charge in [0.05, 0.1) is 0 Å². The quantitative estimate of drug-likeness (QED) is 0.835. The molecule has 2 aliphatic heterocycles. The first-order valence-electron chi connectivity index (χ1n) is 9.40. The number of hydrogen-bond donors (Lipinski definition) is 1. The average molecular weight is 340 g/mol. The molecule has 0 aromatic rings. The van der Waals surface area contributed by atoms with Crippen LogP contribution in [0.25, 0.3) is 0 Å². The molecule has 24 heavy (non-hydrogen) atoms. The Labute approximate surface area is 148 Å². The van der Waals surface area contributed by atoms with Crippen LogP contribution in [0.5, 0.6) is 0 Å². The number of ketones is 2. The van der Waals surface area contributed by atoms with E-state index < -0.39 is 0 Å².